The summed E-state index contributed by atoms with van der Waals surface area (Å²) >= 11 is 6.03. The van der Waals surface area contributed by atoms with Crippen LogP contribution in [-0.4, -0.2) is 0 Å². The summed E-state index contributed by atoms with van der Waals surface area (Å²) in [6.07, 6.45) is 1.46. The fourth-order valence-corrected chi connectivity index (χ4v) is 2.86. The minimum atomic E-state index is -0.512. The highest BCUT2D eigenvalue weighted by molar-refractivity contribution is 6.31. The Morgan fingerprint density at radius 1 is 1.04 bits per heavy atom. The van der Waals surface area contributed by atoms with Gasteiger partial charge in [-0.15, -0.1) is 0 Å². The SMILES string of the molecule is O=c1c(OCc2c(F)cccc2Cl)c(-c2ccco2)oc2ccccc12. The zero-order valence-corrected chi connectivity index (χ0v) is 14.1. The highest BCUT2D eigenvalue weighted by Gasteiger charge is 2.20. The van der Waals surface area contributed by atoms with Crippen LogP contribution < -0.4 is 10.2 Å². The van der Waals surface area contributed by atoms with Crippen LogP contribution in [0.3, 0.4) is 0 Å². The molecule has 0 bridgehead atoms. The average Bonchev–Trinajstić information content (AvgIpc) is 3.17. The zero-order chi connectivity index (χ0) is 18.1. The third-order valence-corrected chi connectivity index (χ3v) is 4.28. The van der Waals surface area contributed by atoms with E-state index in [1.807, 2.05) is 0 Å². The van der Waals surface area contributed by atoms with Crippen molar-refractivity contribution in [1.29, 1.82) is 0 Å². The molecule has 2 aromatic heterocycles. The van der Waals surface area contributed by atoms with E-state index in [1.165, 1.54) is 18.4 Å². The zero-order valence-electron chi connectivity index (χ0n) is 13.4. The van der Waals surface area contributed by atoms with Gasteiger partial charge in [0.15, 0.2) is 5.76 Å². The van der Waals surface area contributed by atoms with Gasteiger partial charge in [0.25, 0.3) is 0 Å². The molecule has 26 heavy (non-hydrogen) atoms. The second kappa shape index (κ2) is 6.69. The van der Waals surface area contributed by atoms with Crippen molar-refractivity contribution in [2.75, 3.05) is 0 Å². The Morgan fingerprint density at radius 3 is 2.65 bits per heavy atom. The summed E-state index contributed by atoms with van der Waals surface area (Å²) in [7, 11) is 0. The van der Waals surface area contributed by atoms with E-state index in [-0.39, 0.29) is 34.1 Å². The molecule has 6 heteroatoms. The summed E-state index contributed by atoms with van der Waals surface area (Å²) in [4.78, 5) is 12.9. The molecule has 0 saturated heterocycles. The van der Waals surface area contributed by atoms with Crippen LogP contribution in [0.1, 0.15) is 5.56 Å². The second-order valence-electron chi connectivity index (χ2n) is 5.55. The standard InChI is InChI=1S/C20H12ClFO4/c21-14-6-3-7-15(22)13(14)11-25-20-18(23)12-5-1-2-8-16(12)26-19(20)17-9-4-10-24-17/h1-10H,11H2. The third kappa shape index (κ3) is 2.86. The van der Waals surface area contributed by atoms with Crippen molar-refractivity contribution >= 4 is 22.6 Å². The van der Waals surface area contributed by atoms with Gasteiger partial charge in [-0.25, -0.2) is 4.39 Å². The number of benzene rings is 2. The van der Waals surface area contributed by atoms with Crippen molar-refractivity contribution in [3.05, 3.63) is 87.5 Å². The van der Waals surface area contributed by atoms with Crippen LogP contribution in [0.25, 0.3) is 22.5 Å². The van der Waals surface area contributed by atoms with Gasteiger partial charge in [-0.3, -0.25) is 4.79 Å². The van der Waals surface area contributed by atoms with Gasteiger partial charge in [0, 0.05) is 5.56 Å². The predicted octanol–water partition coefficient (Wildman–Crippen LogP) is 5.42. The lowest BCUT2D eigenvalue weighted by Gasteiger charge is -2.11. The Hall–Kier alpha value is -3.05. The fourth-order valence-electron chi connectivity index (χ4n) is 2.64. The lowest BCUT2D eigenvalue weighted by atomic mass is 10.2. The van der Waals surface area contributed by atoms with Crippen molar-refractivity contribution < 1.29 is 18.0 Å². The number of para-hydroxylation sites is 1. The summed E-state index contributed by atoms with van der Waals surface area (Å²) in [5, 5.41) is 0.576. The molecule has 0 aliphatic heterocycles. The maximum absolute atomic E-state index is 14.0. The van der Waals surface area contributed by atoms with E-state index in [2.05, 4.69) is 0 Å². The number of hydrogen-bond donors (Lipinski definition) is 0. The van der Waals surface area contributed by atoms with Crippen LogP contribution in [0.5, 0.6) is 5.75 Å². The number of ether oxygens (including phenoxy) is 1. The van der Waals surface area contributed by atoms with Gasteiger partial charge in [0.05, 0.1) is 16.7 Å². The van der Waals surface area contributed by atoms with Gasteiger partial charge in [-0.05, 0) is 36.4 Å². The van der Waals surface area contributed by atoms with Gasteiger partial charge in [-0.2, -0.15) is 0 Å². The molecule has 0 saturated carbocycles. The van der Waals surface area contributed by atoms with Crippen LogP contribution in [0.4, 0.5) is 4.39 Å². The predicted molar refractivity (Wildman–Crippen MR) is 95.9 cm³/mol. The van der Waals surface area contributed by atoms with Gasteiger partial charge in [0.2, 0.25) is 16.9 Å². The summed E-state index contributed by atoms with van der Waals surface area (Å²) in [6.45, 7) is -0.220. The summed E-state index contributed by atoms with van der Waals surface area (Å²) in [5.74, 6) is -0.0890. The minimum absolute atomic E-state index is 0.0574. The van der Waals surface area contributed by atoms with E-state index >= 15 is 0 Å². The molecular formula is C20H12ClFO4. The molecule has 0 N–H and O–H groups in total. The normalized spacial score (nSPS) is 11.0. The molecule has 4 nitrogen and oxygen atoms in total. The maximum Gasteiger partial charge on any atom is 0.235 e. The Kier molecular flexibility index (Phi) is 4.22. The lowest BCUT2D eigenvalue weighted by Crippen LogP contribution is -2.11. The van der Waals surface area contributed by atoms with Crippen LogP contribution in [0.15, 0.2) is 74.5 Å². The first-order chi connectivity index (χ1) is 12.6. The molecule has 0 amide bonds. The molecule has 0 aliphatic rings. The van der Waals surface area contributed by atoms with Crippen molar-refractivity contribution in [1.82, 2.24) is 0 Å². The highest BCUT2D eigenvalue weighted by Crippen LogP contribution is 2.32. The first-order valence-corrected chi connectivity index (χ1v) is 8.18. The molecule has 2 aromatic carbocycles. The number of fused-ring (bicyclic) bond motifs is 1. The Morgan fingerprint density at radius 2 is 1.88 bits per heavy atom. The van der Waals surface area contributed by atoms with E-state index in [1.54, 1.807) is 42.5 Å². The third-order valence-electron chi connectivity index (χ3n) is 3.92. The molecule has 0 fully saturated rings. The van der Waals surface area contributed by atoms with Gasteiger partial charge < -0.3 is 13.6 Å². The smallest absolute Gasteiger partial charge is 0.235 e. The molecule has 0 spiro atoms. The molecular weight excluding hydrogens is 359 g/mol. The largest absolute Gasteiger partial charge is 0.481 e. The monoisotopic (exact) mass is 370 g/mol. The molecule has 4 aromatic rings. The quantitative estimate of drug-likeness (QED) is 0.481. The van der Waals surface area contributed by atoms with E-state index < -0.39 is 5.82 Å². The van der Waals surface area contributed by atoms with Crippen LogP contribution >= 0.6 is 11.6 Å². The molecule has 0 unspecified atom stereocenters. The molecule has 2 heterocycles. The van der Waals surface area contributed by atoms with E-state index in [0.717, 1.165) is 0 Å². The maximum atomic E-state index is 14.0. The van der Waals surface area contributed by atoms with Crippen molar-refractivity contribution in [3.63, 3.8) is 0 Å². The van der Waals surface area contributed by atoms with Crippen LogP contribution in [0.2, 0.25) is 5.02 Å². The topological polar surface area (TPSA) is 52.6 Å². The Balaban J connectivity index is 1.84. The second-order valence-corrected chi connectivity index (χ2v) is 5.96. The summed E-state index contributed by atoms with van der Waals surface area (Å²) in [6, 6.07) is 14.5. The summed E-state index contributed by atoms with van der Waals surface area (Å²) in [5.41, 5.74) is 0.193. The van der Waals surface area contributed by atoms with Crippen molar-refractivity contribution in [2.24, 2.45) is 0 Å². The number of rotatable bonds is 4. The molecule has 0 atom stereocenters. The summed E-state index contributed by atoms with van der Waals surface area (Å²) < 4.78 is 30.8. The number of hydrogen-bond acceptors (Lipinski definition) is 4. The van der Waals surface area contributed by atoms with Crippen LogP contribution in [-0.2, 0) is 6.61 Å². The van der Waals surface area contributed by atoms with Gasteiger partial charge in [-0.1, -0.05) is 29.8 Å². The molecule has 0 radical (unpaired) electrons. The van der Waals surface area contributed by atoms with E-state index in [4.69, 9.17) is 25.2 Å². The van der Waals surface area contributed by atoms with Crippen molar-refractivity contribution in [3.8, 4) is 17.3 Å². The average molecular weight is 371 g/mol. The van der Waals surface area contributed by atoms with Gasteiger partial charge in [0.1, 0.15) is 18.0 Å². The van der Waals surface area contributed by atoms with Crippen molar-refractivity contribution in [2.45, 2.75) is 6.61 Å². The molecule has 130 valence electrons. The number of halogens is 2. The highest BCUT2D eigenvalue weighted by atomic mass is 35.5. The number of furan rings is 1. The lowest BCUT2D eigenvalue weighted by molar-refractivity contribution is 0.290. The first-order valence-electron chi connectivity index (χ1n) is 7.80. The first kappa shape index (κ1) is 16.4. The fraction of sp³-hybridized carbons (Fsp3) is 0.0500. The van der Waals surface area contributed by atoms with Crippen LogP contribution in [0, 0.1) is 5.82 Å². The van der Waals surface area contributed by atoms with E-state index in [0.29, 0.717) is 16.7 Å². The van der Waals surface area contributed by atoms with E-state index in [9.17, 15) is 9.18 Å². The Labute approximate surface area is 152 Å². The molecule has 4 rings (SSSR count). The van der Waals surface area contributed by atoms with Gasteiger partial charge >= 0.3 is 0 Å². The Bertz CT molecular complexity index is 1110. The molecule has 0 aliphatic carbocycles. The minimum Gasteiger partial charge on any atom is -0.481 e.